The minimum Gasteiger partial charge on any atom is -0.369 e. The molecule has 1 saturated heterocycles. The molecular formula is C20H29N3O3. The zero-order valence-corrected chi connectivity index (χ0v) is 15.8. The van der Waals surface area contributed by atoms with Gasteiger partial charge in [0.15, 0.2) is 0 Å². The first kappa shape index (κ1) is 19.9. The van der Waals surface area contributed by atoms with Crippen molar-refractivity contribution in [2.24, 2.45) is 17.6 Å². The summed E-state index contributed by atoms with van der Waals surface area (Å²) in [5.74, 6) is -0.505. The minimum atomic E-state index is -0.563. The zero-order chi connectivity index (χ0) is 19.3. The van der Waals surface area contributed by atoms with Crippen molar-refractivity contribution >= 4 is 17.7 Å². The van der Waals surface area contributed by atoms with Crippen LogP contribution >= 0.6 is 0 Å². The van der Waals surface area contributed by atoms with E-state index in [1.165, 1.54) is 0 Å². The minimum absolute atomic E-state index is 0.0800. The van der Waals surface area contributed by atoms with Crippen LogP contribution in [0.15, 0.2) is 24.3 Å². The van der Waals surface area contributed by atoms with Crippen molar-refractivity contribution < 1.29 is 14.4 Å². The van der Waals surface area contributed by atoms with E-state index in [1.807, 2.05) is 39.0 Å². The van der Waals surface area contributed by atoms with Crippen LogP contribution in [0.2, 0.25) is 0 Å². The molecule has 6 heteroatoms. The van der Waals surface area contributed by atoms with Gasteiger partial charge in [-0.3, -0.25) is 14.4 Å². The Morgan fingerprint density at radius 3 is 2.35 bits per heavy atom. The van der Waals surface area contributed by atoms with E-state index in [0.29, 0.717) is 37.9 Å². The number of nitrogens with two attached hydrogens (primary N) is 1. The Kier molecular flexibility index (Phi) is 6.77. The number of likely N-dealkylation sites (tertiary alicyclic amines) is 1. The Morgan fingerprint density at radius 2 is 1.81 bits per heavy atom. The summed E-state index contributed by atoms with van der Waals surface area (Å²) in [4.78, 5) is 38.6. The molecule has 1 aromatic rings. The maximum absolute atomic E-state index is 13.0. The molecule has 2 rings (SSSR count). The van der Waals surface area contributed by atoms with Crippen molar-refractivity contribution in [3.8, 4) is 0 Å². The van der Waals surface area contributed by atoms with Crippen molar-refractivity contribution in [3.63, 3.8) is 0 Å². The molecule has 0 aromatic heterocycles. The van der Waals surface area contributed by atoms with E-state index in [9.17, 15) is 14.4 Å². The number of hydrogen-bond donors (Lipinski definition) is 2. The first-order chi connectivity index (χ1) is 12.3. The summed E-state index contributed by atoms with van der Waals surface area (Å²) >= 11 is 0. The lowest BCUT2D eigenvalue weighted by molar-refractivity contribution is -0.137. The second-order valence-electron chi connectivity index (χ2n) is 7.47. The van der Waals surface area contributed by atoms with Crippen LogP contribution in [0.3, 0.4) is 0 Å². The Balaban J connectivity index is 2.07. The van der Waals surface area contributed by atoms with Gasteiger partial charge in [0.1, 0.15) is 6.04 Å². The number of aryl methyl sites for hydroxylation is 1. The SMILES string of the molecule is Cc1ccccc1C(=O)N[C@@H](CC(C)C)C(=O)N1CCC(C(N)=O)CC1. The molecular weight excluding hydrogens is 330 g/mol. The smallest absolute Gasteiger partial charge is 0.252 e. The van der Waals surface area contributed by atoms with Gasteiger partial charge in [0, 0.05) is 24.6 Å². The van der Waals surface area contributed by atoms with Gasteiger partial charge in [0.2, 0.25) is 11.8 Å². The molecule has 1 aliphatic heterocycles. The highest BCUT2D eigenvalue weighted by molar-refractivity contribution is 5.98. The monoisotopic (exact) mass is 359 g/mol. The summed E-state index contributed by atoms with van der Waals surface area (Å²) in [6.45, 7) is 6.93. The number of rotatable bonds is 6. The Hall–Kier alpha value is -2.37. The second kappa shape index (κ2) is 8.83. The first-order valence-electron chi connectivity index (χ1n) is 9.24. The molecule has 1 aromatic carbocycles. The van der Waals surface area contributed by atoms with Crippen LogP contribution in [0.1, 0.15) is 49.0 Å². The van der Waals surface area contributed by atoms with Gasteiger partial charge in [-0.05, 0) is 43.7 Å². The number of nitrogens with one attached hydrogen (secondary N) is 1. The molecule has 1 atom stereocenters. The van der Waals surface area contributed by atoms with Crippen molar-refractivity contribution in [1.29, 1.82) is 0 Å². The molecule has 0 saturated carbocycles. The van der Waals surface area contributed by atoms with Gasteiger partial charge in [0.25, 0.3) is 5.91 Å². The lowest BCUT2D eigenvalue weighted by atomic mass is 9.94. The fourth-order valence-electron chi connectivity index (χ4n) is 3.36. The number of carbonyl (C=O) groups excluding carboxylic acids is 3. The number of hydrogen-bond acceptors (Lipinski definition) is 3. The number of amides is 3. The van der Waals surface area contributed by atoms with Crippen molar-refractivity contribution in [2.45, 2.75) is 46.1 Å². The number of benzene rings is 1. The van der Waals surface area contributed by atoms with Crippen LogP contribution < -0.4 is 11.1 Å². The van der Waals surface area contributed by atoms with Crippen molar-refractivity contribution in [1.82, 2.24) is 10.2 Å². The van der Waals surface area contributed by atoms with Gasteiger partial charge in [-0.15, -0.1) is 0 Å². The molecule has 0 aliphatic carbocycles. The standard InChI is InChI=1S/C20H29N3O3/c1-13(2)12-17(22-19(25)16-7-5-4-6-14(16)3)20(26)23-10-8-15(9-11-23)18(21)24/h4-7,13,15,17H,8-12H2,1-3H3,(H2,21,24)(H,22,25)/t17-/m0/s1. The largest absolute Gasteiger partial charge is 0.369 e. The molecule has 3 amide bonds. The van der Waals surface area contributed by atoms with Gasteiger partial charge in [-0.1, -0.05) is 32.0 Å². The molecule has 142 valence electrons. The fraction of sp³-hybridized carbons (Fsp3) is 0.550. The van der Waals surface area contributed by atoms with Gasteiger partial charge in [0.05, 0.1) is 0 Å². The van der Waals surface area contributed by atoms with Gasteiger partial charge in [-0.2, -0.15) is 0 Å². The summed E-state index contributed by atoms with van der Waals surface area (Å²) in [6, 6.07) is 6.77. The number of carbonyl (C=O) groups is 3. The Bertz CT molecular complexity index is 664. The molecule has 0 unspecified atom stereocenters. The molecule has 6 nitrogen and oxygen atoms in total. The zero-order valence-electron chi connectivity index (χ0n) is 15.8. The summed E-state index contributed by atoms with van der Waals surface area (Å²) in [5.41, 5.74) is 6.82. The average Bonchev–Trinajstić information content (AvgIpc) is 2.60. The molecule has 0 radical (unpaired) electrons. The topological polar surface area (TPSA) is 92.5 Å². The lowest BCUT2D eigenvalue weighted by Crippen LogP contribution is -2.52. The van der Waals surface area contributed by atoms with E-state index >= 15 is 0 Å². The highest BCUT2D eigenvalue weighted by Gasteiger charge is 2.31. The van der Waals surface area contributed by atoms with Crippen LogP contribution in [0.4, 0.5) is 0 Å². The third-order valence-corrected chi connectivity index (χ3v) is 4.91. The van der Waals surface area contributed by atoms with Gasteiger partial charge >= 0.3 is 0 Å². The van der Waals surface area contributed by atoms with Crippen LogP contribution in [-0.4, -0.2) is 41.8 Å². The predicted octanol–water partition coefficient (Wildman–Crippen LogP) is 1.86. The highest BCUT2D eigenvalue weighted by Crippen LogP contribution is 2.19. The number of piperidine rings is 1. The summed E-state index contributed by atoms with van der Waals surface area (Å²) < 4.78 is 0. The van der Waals surface area contributed by atoms with Gasteiger partial charge < -0.3 is 16.0 Å². The van der Waals surface area contributed by atoms with E-state index in [1.54, 1.807) is 11.0 Å². The van der Waals surface area contributed by atoms with Crippen LogP contribution in [0.25, 0.3) is 0 Å². The number of primary amides is 1. The fourth-order valence-corrected chi connectivity index (χ4v) is 3.36. The molecule has 26 heavy (non-hydrogen) atoms. The summed E-state index contributed by atoms with van der Waals surface area (Å²) in [6.07, 6.45) is 1.74. The molecule has 0 bridgehead atoms. The van der Waals surface area contributed by atoms with E-state index in [4.69, 9.17) is 5.73 Å². The molecule has 0 spiro atoms. The Labute approximate surface area is 155 Å². The van der Waals surface area contributed by atoms with Crippen LogP contribution in [-0.2, 0) is 9.59 Å². The average molecular weight is 359 g/mol. The van der Waals surface area contributed by atoms with E-state index in [0.717, 1.165) is 5.56 Å². The lowest BCUT2D eigenvalue weighted by Gasteiger charge is -2.34. The third-order valence-electron chi connectivity index (χ3n) is 4.91. The summed E-state index contributed by atoms with van der Waals surface area (Å²) in [7, 11) is 0. The van der Waals surface area contributed by atoms with Gasteiger partial charge in [-0.25, -0.2) is 0 Å². The maximum Gasteiger partial charge on any atom is 0.252 e. The van der Waals surface area contributed by atoms with Crippen molar-refractivity contribution in [2.75, 3.05) is 13.1 Å². The second-order valence-corrected chi connectivity index (χ2v) is 7.47. The molecule has 1 fully saturated rings. The van der Waals surface area contributed by atoms with Crippen molar-refractivity contribution in [3.05, 3.63) is 35.4 Å². The Morgan fingerprint density at radius 1 is 1.19 bits per heavy atom. The van der Waals surface area contributed by atoms with Crippen LogP contribution in [0, 0.1) is 18.8 Å². The van der Waals surface area contributed by atoms with E-state index in [-0.39, 0.29) is 29.6 Å². The quantitative estimate of drug-likeness (QED) is 0.812. The molecule has 1 aliphatic rings. The van der Waals surface area contributed by atoms with Crippen LogP contribution in [0.5, 0.6) is 0 Å². The predicted molar refractivity (Wildman–Crippen MR) is 100 cm³/mol. The molecule has 1 heterocycles. The summed E-state index contributed by atoms with van der Waals surface area (Å²) in [5, 5.41) is 2.91. The van der Waals surface area contributed by atoms with E-state index < -0.39 is 6.04 Å². The normalized spacial score (nSPS) is 16.4. The maximum atomic E-state index is 13.0. The van der Waals surface area contributed by atoms with E-state index in [2.05, 4.69) is 5.32 Å². The highest BCUT2D eigenvalue weighted by atomic mass is 16.2. The first-order valence-corrected chi connectivity index (χ1v) is 9.24. The number of nitrogens with zero attached hydrogens (tertiary/aromatic N) is 1. The third kappa shape index (κ3) is 5.07. The molecule has 3 N–H and O–H groups in total.